The van der Waals surface area contributed by atoms with Crippen molar-refractivity contribution in [3.8, 4) is 5.82 Å². The molecule has 1 N–H and O–H groups in total. The summed E-state index contributed by atoms with van der Waals surface area (Å²) in [5.41, 5.74) is 3.16. The molecule has 3 aromatic heterocycles. The molecule has 150 valence electrons. The minimum Gasteiger partial charge on any atom is -0.320 e. The molecule has 2 saturated carbocycles. The average Bonchev–Trinajstić information content (AvgIpc) is 3.61. The Kier molecular flexibility index (Phi) is 5.51. The van der Waals surface area contributed by atoms with Gasteiger partial charge in [0.15, 0.2) is 5.82 Å². The van der Waals surface area contributed by atoms with Crippen LogP contribution in [0.2, 0.25) is 10.0 Å². The van der Waals surface area contributed by atoms with Crippen LogP contribution in [0.15, 0.2) is 36.8 Å². The molecule has 2 fully saturated rings. The summed E-state index contributed by atoms with van der Waals surface area (Å²) in [6.07, 6.45) is 9.25. The third kappa shape index (κ3) is 4.10. The van der Waals surface area contributed by atoms with Crippen molar-refractivity contribution in [1.29, 1.82) is 0 Å². The highest BCUT2D eigenvalue weighted by molar-refractivity contribution is 6.40. The molecule has 1 amide bonds. The topological polar surface area (TPSA) is 72.7 Å². The van der Waals surface area contributed by atoms with Gasteiger partial charge < -0.3 is 5.32 Å². The molecule has 29 heavy (non-hydrogen) atoms. The standard InChI is InChI=1S/C20H17Cl2N5O.ClH/c21-14-9-23-10-15(22)19(14)20(28)25-13-5-6-18(24-8-13)27-17(12-3-4-12)7-16(26-27)11-1-2-11;/h5-12H,1-4H2,(H,25,28);1H. The number of hydrogen-bond acceptors (Lipinski definition) is 4. The highest BCUT2D eigenvalue weighted by Gasteiger charge is 2.33. The average molecular weight is 451 g/mol. The van der Waals surface area contributed by atoms with E-state index in [1.165, 1.54) is 49.5 Å². The zero-order valence-electron chi connectivity index (χ0n) is 15.3. The highest BCUT2D eigenvalue weighted by Crippen LogP contribution is 2.45. The monoisotopic (exact) mass is 449 g/mol. The van der Waals surface area contributed by atoms with Crippen molar-refractivity contribution in [2.75, 3.05) is 5.32 Å². The molecule has 0 unspecified atom stereocenters. The second-order valence-electron chi connectivity index (χ2n) is 7.29. The maximum atomic E-state index is 12.5. The number of rotatable bonds is 5. The lowest BCUT2D eigenvalue weighted by Gasteiger charge is -2.09. The van der Waals surface area contributed by atoms with E-state index in [2.05, 4.69) is 21.4 Å². The molecule has 3 heterocycles. The lowest BCUT2D eigenvalue weighted by Crippen LogP contribution is -2.14. The quantitative estimate of drug-likeness (QED) is 0.565. The van der Waals surface area contributed by atoms with Crippen molar-refractivity contribution >= 4 is 47.2 Å². The Morgan fingerprint density at radius 3 is 2.31 bits per heavy atom. The van der Waals surface area contributed by atoms with E-state index in [-0.39, 0.29) is 28.0 Å². The van der Waals surface area contributed by atoms with Crippen LogP contribution in [-0.4, -0.2) is 25.7 Å². The number of anilines is 1. The van der Waals surface area contributed by atoms with Crippen LogP contribution in [0.1, 0.15) is 59.3 Å². The second-order valence-corrected chi connectivity index (χ2v) is 8.11. The number of aromatic nitrogens is 4. The van der Waals surface area contributed by atoms with Crippen LogP contribution in [0, 0.1) is 0 Å². The van der Waals surface area contributed by atoms with Crippen molar-refractivity contribution in [1.82, 2.24) is 19.7 Å². The van der Waals surface area contributed by atoms with Gasteiger partial charge in [-0.05, 0) is 43.9 Å². The molecular weight excluding hydrogens is 433 g/mol. The van der Waals surface area contributed by atoms with Crippen LogP contribution in [-0.2, 0) is 0 Å². The third-order valence-corrected chi connectivity index (χ3v) is 5.62. The zero-order chi connectivity index (χ0) is 19.3. The van der Waals surface area contributed by atoms with Gasteiger partial charge in [-0.25, -0.2) is 9.67 Å². The van der Waals surface area contributed by atoms with Crippen molar-refractivity contribution in [2.45, 2.75) is 37.5 Å². The molecule has 0 bridgehead atoms. The van der Waals surface area contributed by atoms with Gasteiger partial charge in [0.1, 0.15) is 0 Å². The highest BCUT2D eigenvalue weighted by atomic mass is 35.5. The molecule has 2 aliphatic carbocycles. The second kappa shape index (κ2) is 7.94. The fraction of sp³-hybridized carbons (Fsp3) is 0.300. The largest absolute Gasteiger partial charge is 0.320 e. The van der Waals surface area contributed by atoms with Gasteiger partial charge >= 0.3 is 0 Å². The normalized spacial score (nSPS) is 15.7. The van der Waals surface area contributed by atoms with E-state index in [0.29, 0.717) is 17.5 Å². The molecule has 5 rings (SSSR count). The Balaban J connectivity index is 0.00000205. The number of nitrogens with zero attached hydrogens (tertiary/aromatic N) is 4. The molecule has 0 radical (unpaired) electrons. The minimum atomic E-state index is -0.402. The molecule has 0 aliphatic heterocycles. The minimum absolute atomic E-state index is 0. The number of halogens is 3. The summed E-state index contributed by atoms with van der Waals surface area (Å²) >= 11 is 12.1. The number of carbonyl (C=O) groups excluding carboxylic acids is 1. The van der Waals surface area contributed by atoms with Crippen molar-refractivity contribution < 1.29 is 4.79 Å². The summed E-state index contributed by atoms with van der Waals surface area (Å²) in [6.45, 7) is 0. The number of amides is 1. The third-order valence-electron chi connectivity index (χ3n) is 5.05. The molecule has 2 aliphatic rings. The van der Waals surface area contributed by atoms with E-state index in [4.69, 9.17) is 28.3 Å². The molecular formula is C20H18Cl3N5O. The smallest absolute Gasteiger partial charge is 0.258 e. The van der Waals surface area contributed by atoms with Gasteiger partial charge in [-0.15, -0.1) is 12.4 Å². The Bertz CT molecular complexity index is 1040. The molecule has 0 atom stereocenters. The van der Waals surface area contributed by atoms with Crippen LogP contribution in [0.3, 0.4) is 0 Å². The Morgan fingerprint density at radius 2 is 1.72 bits per heavy atom. The van der Waals surface area contributed by atoms with E-state index in [9.17, 15) is 4.79 Å². The lowest BCUT2D eigenvalue weighted by atomic mass is 10.2. The lowest BCUT2D eigenvalue weighted by molar-refractivity contribution is 0.102. The molecule has 9 heteroatoms. The van der Waals surface area contributed by atoms with Gasteiger partial charge in [-0.2, -0.15) is 5.10 Å². The molecule has 6 nitrogen and oxygen atoms in total. The fourth-order valence-corrected chi connectivity index (χ4v) is 3.79. The van der Waals surface area contributed by atoms with Gasteiger partial charge in [0.2, 0.25) is 0 Å². The number of carbonyl (C=O) groups is 1. The van der Waals surface area contributed by atoms with E-state index in [1.807, 2.05) is 10.7 Å². The summed E-state index contributed by atoms with van der Waals surface area (Å²) in [7, 11) is 0. The van der Waals surface area contributed by atoms with Gasteiger partial charge in [0, 0.05) is 29.9 Å². The fourth-order valence-electron chi connectivity index (χ4n) is 3.25. The molecule has 3 aromatic rings. The number of pyridine rings is 2. The van der Waals surface area contributed by atoms with E-state index in [1.54, 1.807) is 12.3 Å². The van der Waals surface area contributed by atoms with E-state index < -0.39 is 5.91 Å². The summed E-state index contributed by atoms with van der Waals surface area (Å²) < 4.78 is 1.95. The van der Waals surface area contributed by atoms with Crippen LogP contribution in [0.25, 0.3) is 5.82 Å². The Hall–Kier alpha value is -2.15. The van der Waals surface area contributed by atoms with Gasteiger partial charge in [-0.3, -0.25) is 9.78 Å². The predicted molar refractivity (Wildman–Crippen MR) is 115 cm³/mol. The Labute approximate surface area is 184 Å². The van der Waals surface area contributed by atoms with Gasteiger partial charge in [-0.1, -0.05) is 23.2 Å². The van der Waals surface area contributed by atoms with Crippen LogP contribution < -0.4 is 5.32 Å². The number of hydrogen-bond donors (Lipinski definition) is 1. The van der Waals surface area contributed by atoms with Crippen molar-refractivity contribution in [2.24, 2.45) is 0 Å². The van der Waals surface area contributed by atoms with E-state index in [0.717, 1.165) is 5.82 Å². The van der Waals surface area contributed by atoms with Gasteiger partial charge in [0.05, 0.1) is 33.2 Å². The summed E-state index contributed by atoms with van der Waals surface area (Å²) in [6, 6.07) is 5.90. The number of nitrogens with one attached hydrogen (secondary N) is 1. The van der Waals surface area contributed by atoms with Gasteiger partial charge in [0.25, 0.3) is 5.91 Å². The van der Waals surface area contributed by atoms with Crippen LogP contribution in [0.5, 0.6) is 0 Å². The summed E-state index contributed by atoms with van der Waals surface area (Å²) in [4.78, 5) is 20.9. The first-order valence-corrected chi connectivity index (χ1v) is 10.0. The SMILES string of the molecule is Cl.O=C(Nc1ccc(-n2nc(C3CC3)cc2C2CC2)nc1)c1c(Cl)cncc1Cl. The molecule has 0 saturated heterocycles. The zero-order valence-corrected chi connectivity index (χ0v) is 17.6. The molecule has 0 aromatic carbocycles. The Morgan fingerprint density at radius 1 is 1.03 bits per heavy atom. The van der Waals surface area contributed by atoms with E-state index >= 15 is 0 Å². The van der Waals surface area contributed by atoms with Crippen LogP contribution >= 0.6 is 35.6 Å². The molecule has 0 spiro atoms. The first kappa shape index (κ1) is 20.1. The van der Waals surface area contributed by atoms with Crippen molar-refractivity contribution in [3.05, 3.63) is 63.8 Å². The first-order valence-electron chi connectivity index (χ1n) is 9.27. The van der Waals surface area contributed by atoms with Crippen LogP contribution in [0.4, 0.5) is 5.69 Å². The predicted octanol–water partition coefficient (Wildman–Crippen LogP) is 5.40. The maximum absolute atomic E-state index is 12.5. The summed E-state index contributed by atoms with van der Waals surface area (Å²) in [5, 5.41) is 7.97. The summed E-state index contributed by atoms with van der Waals surface area (Å²) in [5.74, 6) is 1.54. The first-order chi connectivity index (χ1) is 13.6. The van der Waals surface area contributed by atoms with Crippen molar-refractivity contribution in [3.63, 3.8) is 0 Å². The maximum Gasteiger partial charge on any atom is 0.258 e.